The monoisotopic (exact) mass is 520 g/mol. The average molecular weight is 521 g/mol. The number of allylic oxidation sites excluding steroid dienone is 4. The van der Waals surface area contributed by atoms with Crippen molar-refractivity contribution in [2.75, 3.05) is 22.8 Å². The highest BCUT2D eigenvalue weighted by molar-refractivity contribution is 7.92. The van der Waals surface area contributed by atoms with Gasteiger partial charge in [0.1, 0.15) is 0 Å². The molecule has 0 aliphatic heterocycles. The molecule has 0 saturated heterocycles. The summed E-state index contributed by atoms with van der Waals surface area (Å²) in [4.78, 5) is 17.3. The fourth-order valence-corrected chi connectivity index (χ4v) is 4.74. The van der Waals surface area contributed by atoms with Crippen molar-refractivity contribution in [3.05, 3.63) is 72.3 Å². The van der Waals surface area contributed by atoms with Gasteiger partial charge in [0.05, 0.1) is 29.3 Å². The number of nitrogens with one attached hydrogen (secondary N) is 3. The summed E-state index contributed by atoms with van der Waals surface area (Å²) in [6.45, 7) is 4.08. The molecule has 0 radical (unpaired) electrons. The van der Waals surface area contributed by atoms with Crippen molar-refractivity contribution >= 4 is 43.9 Å². The van der Waals surface area contributed by atoms with Crippen LogP contribution in [-0.2, 0) is 10.0 Å². The third-order valence-corrected chi connectivity index (χ3v) is 6.72. The normalized spacial score (nSPS) is 16.2. The quantitative estimate of drug-likeness (QED) is 0.328. The number of carbonyl (C=O) groups is 1. The lowest BCUT2D eigenvalue weighted by Crippen LogP contribution is -2.34. The van der Waals surface area contributed by atoms with E-state index in [2.05, 4.69) is 34.4 Å². The van der Waals surface area contributed by atoms with Crippen molar-refractivity contribution in [3.63, 3.8) is 0 Å². The van der Waals surface area contributed by atoms with Crippen molar-refractivity contribution in [3.8, 4) is 11.3 Å². The van der Waals surface area contributed by atoms with Gasteiger partial charge in [-0.25, -0.2) is 18.2 Å². The predicted octanol–water partition coefficient (Wildman–Crippen LogP) is 5.15. The number of sulfonamides is 1. The minimum Gasteiger partial charge on any atom is -0.391 e. The van der Waals surface area contributed by atoms with Crippen LogP contribution in [0.4, 0.5) is 16.2 Å². The van der Waals surface area contributed by atoms with E-state index in [1.807, 2.05) is 43.3 Å². The predicted molar refractivity (Wildman–Crippen MR) is 150 cm³/mol. The summed E-state index contributed by atoms with van der Waals surface area (Å²) in [7, 11) is -3.65. The van der Waals surface area contributed by atoms with Gasteiger partial charge in [-0.3, -0.25) is 4.72 Å². The first kappa shape index (κ1) is 26.4. The number of carbonyl (C=O) groups excluding carboxylic acids is 1. The zero-order valence-corrected chi connectivity index (χ0v) is 22.0. The molecule has 4 N–H and O–H groups in total. The molecule has 0 bridgehead atoms. The van der Waals surface area contributed by atoms with Gasteiger partial charge in [-0.1, -0.05) is 62.4 Å². The Morgan fingerprint density at radius 2 is 1.95 bits per heavy atom. The number of hydrogen-bond acceptors (Lipinski definition) is 5. The maximum Gasteiger partial charge on any atom is 0.319 e. The molecule has 9 heteroatoms. The van der Waals surface area contributed by atoms with Crippen LogP contribution in [0.15, 0.2) is 66.8 Å². The van der Waals surface area contributed by atoms with Crippen LogP contribution in [-0.4, -0.2) is 43.4 Å². The number of aliphatic hydroxyl groups is 1. The van der Waals surface area contributed by atoms with Gasteiger partial charge in [-0.2, -0.15) is 0 Å². The Labute approximate surface area is 217 Å². The molecule has 8 nitrogen and oxygen atoms in total. The van der Waals surface area contributed by atoms with Gasteiger partial charge in [0, 0.05) is 28.7 Å². The standard InChI is InChI=1S/C28H32N4O4S/c1-4-22(33)17-29-28(34)30-21-14-15-24-23(16-21)27(32-37(3,35)36)25(19-12-10-18(2)11-13-19)26(31-24)20-8-6-5-7-9-20/h5-10,12-16,18,22,33H,4,11,17H2,1-3H3,(H,31,32)(H2,29,30,34). The number of anilines is 2. The minimum absolute atomic E-state index is 0.127. The summed E-state index contributed by atoms with van der Waals surface area (Å²) in [6, 6.07) is 14.4. The van der Waals surface area contributed by atoms with Crippen molar-refractivity contribution in [2.45, 2.75) is 32.8 Å². The molecule has 0 spiro atoms. The van der Waals surface area contributed by atoms with E-state index >= 15 is 0 Å². The van der Waals surface area contributed by atoms with E-state index in [0.29, 0.717) is 45.9 Å². The SMILES string of the molecule is CCC(O)CNC(=O)Nc1ccc2nc(-c3ccccc3)c(C3=CCC(C)C=C3)c(NS(C)(=O)=O)c2c1. The molecular weight excluding hydrogens is 488 g/mol. The largest absolute Gasteiger partial charge is 0.391 e. The van der Waals surface area contributed by atoms with Crippen LogP contribution in [0.1, 0.15) is 32.3 Å². The molecule has 1 aliphatic carbocycles. The Balaban J connectivity index is 1.89. The Kier molecular flexibility index (Phi) is 7.94. The lowest BCUT2D eigenvalue weighted by molar-refractivity contribution is 0.168. The van der Waals surface area contributed by atoms with Crippen molar-refractivity contribution in [1.29, 1.82) is 0 Å². The molecule has 1 heterocycles. The van der Waals surface area contributed by atoms with Crippen LogP contribution in [0.3, 0.4) is 0 Å². The first-order chi connectivity index (χ1) is 17.6. The molecule has 0 fully saturated rings. The second kappa shape index (κ2) is 11.1. The van der Waals surface area contributed by atoms with Crippen LogP contribution in [0, 0.1) is 5.92 Å². The van der Waals surface area contributed by atoms with Gasteiger partial charge in [-0.05, 0) is 42.5 Å². The summed E-state index contributed by atoms with van der Waals surface area (Å²) in [5, 5.41) is 15.7. The first-order valence-corrected chi connectivity index (χ1v) is 14.2. The zero-order chi connectivity index (χ0) is 26.6. The topological polar surface area (TPSA) is 120 Å². The highest BCUT2D eigenvalue weighted by atomic mass is 32.2. The lowest BCUT2D eigenvalue weighted by Gasteiger charge is -2.21. The van der Waals surface area contributed by atoms with E-state index < -0.39 is 22.2 Å². The highest BCUT2D eigenvalue weighted by Crippen LogP contribution is 2.41. The van der Waals surface area contributed by atoms with Crippen LogP contribution < -0.4 is 15.4 Å². The van der Waals surface area contributed by atoms with Crippen LogP contribution >= 0.6 is 0 Å². The molecule has 4 rings (SSSR count). The van der Waals surface area contributed by atoms with Gasteiger partial charge in [0.25, 0.3) is 0 Å². The van der Waals surface area contributed by atoms with Gasteiger partial charge in [0.15, 0.2) is 0 Å². The third kappa shape index (κ3) is 6.55. The second-order valence-electron chi connectivity index (χ2n) is 9.31. The minimum atomic E-state index is -3.65. The Hall–Kier alpha value is -3.69. The number of amides is 2. The molecule has 2 aromatic carbocycles. The molecule has 2 unspecified atom stereocenters. The van der Waals surface area contributed by atoms with Gasteiger partial charge >= 0.3 is 6.03 Å². The smallest absolute Gasteiger partial charge is 0.319 e. The third-order valence-electron chi connectivity index (χ3n) is 6.15. The van der Waals surface area contributed by atoms with E-state index in [0.717, 1.165) is 23.8 Å². The molecule has 2 atom stereocenters. The molecule has 194 valence electrons. The number of aliphatic hydroxyl groups excluding tert-OH is 1. The molecule has 37 heavy (non-hydrogen) atoms. The molecule has 2 amide bonds. The zero-order valence-electron chi connectivity index (χ0n) is 21.2. The van der Waals surface area contributed by atoms with Crippen LogP contribution in [0.2, 0.25) is 0 Å². The van der Waals surface area contributed by atoms with Crippen LogP contribution in [0.5, 0.6) is 0 Å². The second-order valence-corrected chi connectivity index (χ2v) is 11.1. The summed E-state index contributed by atoms with van der Waals surface area (Å²) in [5.74, 6) is 0.379. The summed E-state index contributed by atoms with van der Waals surface area (Å²) >= 11 is 0. The summed E-state index contributed by atoms with van der Waals surface area (Å²) in [6.07, 6.45) is 8.04. The summed E-state index contributed by atoms with van der Waals surface area (Å²) in [5.41, 5.74) is 4.53. The number of benzene rings is 2. The van der Waals surface area contributed by atoms with Gasteiger partial charge < -0.3 is 15.7 Å². The number of pyridine rings is 1. The van der Waals surface area contributed by atoms with E-state index in [9.17, 15) is 18.3 Å². The Morgan fingerprint density at radius 1 is 1.19 bits per heavy atom. The Morgan fingerprint density at radius 3 is 2.59 bits per heavy atom. The van der Waals surface area contributed by atoms with Crippen molar-refractivity contribution in [2.24, 2.45) is 5.92 Å². The fourth-order valence-electron chi connectivity index (χ4n) is 4.16. The maximum absolute atomic E-state index is 12.5. The van der Waals surface area contributed by atoms with E-state index in [1.165, 1.54) is 0 Å². The molecule has 1 aliphatic rings. The van der Waals surface area contributed by atoms with E-state index in [4.69, 9.17) is 4.98 Å². The number of nitrogens with zero attached hydrogens (tertiary/aromatic N) is 1. The number of fused-ring (bicyclic) bond motifs is 1. The van der Waals surface area contributed by atoms with E-state index in [-0.39, 0.29) is 6.54 Å². The average Bonchev–Trinajstić information content (AvgIpc) is 2.87. The van der Waals surface area contributed by atoms with E-state index in [1.54, 1.807) is 18.2 Å². The number of urea groups is 1. The molecule has 0 saturated carbocycles. The fraction of sp³-hybridized carbons (Fsp3) is 0.286. The molecule has 3 aromatic rings. The number of rotatable bonds is 8. The summed E-state index contributed by atoms with van der Waals surface area (Å²) < 4.78 is 27.8. The molecular formula is C28H32N4O4S. The lowest BCUT2D eigenvalue weighted by atomic mass is 9.89. The molecule has 1 aromatic heterocycles. The van der Waals surface area contributed by atoms with Crippen LogP contribution in [0.25, 0.3) is 27.7 Å². The first-order valence-electron chi connectivity index (χ1n) is 12.3. The van der Waals surface area contributed by atoms with Crippen molar-refractivity contribution < 1.29 is 18.3 Å². The number of aromatic nitrogens is 1. The highest BCUT2D eigenvalue weighted by Gasteiger charge is 2.22. The van der Waals surface area contributed by atoms with Gasteiger partial charge in [-0.15, -0.1) is 0 Å². The van der Waals surface area contributed by atoms with Gasteiger partial charge in [0.2, 0.25) is 10.0 Å². The van der Waals surface area contributed by atoms with Crippen molar-refractivity contribution in [1.82, 2.24) is 10.3 Å². The number of hydrogen-bond donors (Lipinski definition) is 4. The Bertz CT molecular complexity index is 1470. The maximum atomic E-state index is 12.5.